The third kappa shape index (κ3) is 6.03. The first-order chi connectivity index (χ1) is 14.2. The molecule has 0 amide bonds. The minimum Gasteiger partial charge on any atom is -0.457 e. The third-order valence-corrected chi connectivity index (χ3v) is 6.05. The summed E-state index contributed by atoms with van der Waals surface area (Å²) in [7, 11) is 0. The van der Waals surface area contributed by atoms with Crippen molar-refractivity contribution in [1.82, 2.24) is 10.2 Å². The maximum atomic E-state index is 5.83. The molecule has 1 aromatic heterocycles. The van der Waals surface area contributed by atoms with Crippen LogP contribution in [-0.4, -0.2) is 29.1 Å². The summed E-state index contributed by atoms with van der Waals surface area (Å²) in [6.45, 7) is 3.26. The van der Waals surface area contributed by atoms with E-state index in [1.165, 1.54) is 4.88 Å². The molecule has 1 aliphatic rings. The fraction of sp³-hybridized carbons (Fsp3) is 0.261. The molecule has 1 saturated heterocycles. The molecule has 3 aromatic rings. The summed E-state index contributed by atoms with van der Waals surface area (Å²) in [4.78, 5) is 3.96. The van der Waals surface area contributed by atoms with Crippen molar-refractivity contribution in [1.29, 1.82) is 0 Å². The largest absolute Gasteiger partial charge is 0.457 e. The van der Waals surface area contributed by atoms with E-state index in [0.29, 0.717) is 11.2 Å². The highest BCUT2D eigenvalue weighted by atomic mass is 32.1. The fourth-order valence-corrected chi connectivity index (χ4v) is 4.47. The van der Waals surface area contributed by atoms with Crippen LogP contribution in [0.1, 0.15) is 17.7 Å². The number of nitrogens with zero attached hydrogens (tertiary/aromatic N) is 1. The molecule has 1 fully saturated rings. The Morgan fingerprint density at radius 3 is 2.38 bits per heavy atom. The topological polar surface area (TPSA) is 36.5 Å². The van der Waals surface area contributed by atoms with Crippen molar-refractivity contribution < 1.29 is 4.74 Å². The normalized spacial score (nSPS) is 15.0. The molecule has 0 radical (unpaired) electrons. The number of rotatable bonds is 6. The zero-order valence-corrected chi connectivity index (χ0v) is 17.8. The fourth-order valence-electron chi connectivity index (χ4n) is 3.44. The maximum absolute atomic E-state index is 5.83. The number of para-hydroxylation sites is 1. The molecular formula is C23H25N3OS2. The number of nitrogens with one attached hydrogen (secondary N) is 2. The van der Waals surface area contributed by atoms with Gasteiger partial charge in [-0.3, -0.25) is 4.90 Å². The van der Waals surface area contributed by atoms with Gasteiger partial charge in [0, 0.05) is 36.2 Å². The van der Waals surface area contributed by atoms with Gasteiger partial charge in [-0.15, -0.1) is 11.3 Å². The smallest absolute Gasteiger partial charge is 0.170 e. The van der Waals surface area contributed by atoms with Gasteiger partial charge < -0.3 is 15.4 Å². The first kappa shape index (κ1) is 19.9. The number of hydrogen-bond donors (Lipinski definition) is 2. The predicted octanol–water partition coefficient (Wildman–Crippen LogP) is 5.49. The standard InChI is InChI=1S/C23H25N3OS2/c28-23(25-19-12-14-26(15-13-19)17-22-7-4-16-29-22)24-18-8-10-21(11-9-18)27-20-5-2-1-3-6-20/h1-11,16,19H,12-15,17H2,(H2,24,25,28). The van der Waals surface area contributed by atoms with Crippen LogP contribution in [0.3, 0.4) is 0 Å². The van der Waals surface area contributed by atoms with E-state index < -0.39 is 0 Å². The molecule has 1 aliphatic heterocycles. The second kappa shape index (κ2) is 9.87. The number of benzene rings is 2. The van der Waals surface area contributed by atoms with Crippen molar-refractivity contribution in [2.24, 2.45) is 0 Å². The zero-order valence-electron chi connectivity index (χ0n) is 16.2. The Hall–Kier alpha value is -2.41. The van der Waals surface area contributed by atoms with E-state index in [1.807, 2.05) is 65.9 Å². The molecular weight excluding hydrogens is 398 g/mol. The van der Waals surface area contributed by atoms with Gasteiger partial charge in [0.15, 0.2) is 5.11 Å². The molecule has 0 atom stereocenters. The van der Waals surface area contributed by atoms with Crippen molar-refractivity contribution in [3.05, 3.63) is 77.0 Å². The molecule has 0 unspecified atom stereocenters. The Bertz CT molecular complexity index is 890. The van der Waals surface area contributed by atoms with Gasteiger partial charge in [-0.1, -0.05) is 24.3 Å². The van der Waals surface area contributed by atoms with Gasteiger partial charge in [-0.2, -0.15) is 0 Å². The van der Waals surface area contributed by atoms with Crippen molar-refractivity contribution in [2.75, 3.05) is 18.4 Å². The van der Waals surface area contributed by atoms with Crippen LogP contribution in [-0.2, 0) is 6.54 Å². The molecule has 0 bridgehead atoms. The number of thiocarbonyl (C=S) groups is 1. The summed E-state index contributed by atoms with van der Waals surface area (Å²) in [6.07, 6.45) is 2.22. The molecule has 29 heavy (non-hydrogen) atoms. The van der Waals surface area contributed by atoms with Crippen LogP contribution in [0.25, 0.3) is 0 Å². The summed E-state index contributed by atoms with van der Waals surface area (Å²) in [5.41, 5.74) is 0.957. The van der Waals surface area contributed by atoms with Crippen LogP contribution >= 0.6 is 23.6 Å². The Kier molecular flexibility index (Phi) is 6.77. The number of piperidine rings is 1. The summed E-state index contributed by atoms with van der Waals surface area (Å²) in [5.74, 6) is 1.63. The lowest BCUT2D eigenvalue weighted by molar-refractivity contribution is 0.201. The quantitative estimate of drug-likeness (QED) is 0.513. The van der Waals surface area contributed by atoms with Crippen LogP contribution in [0.4, 0.5) is 5.69 Å². The van der Waals surface area contributed by atoms with E-state index in [1.54, 1.807) is 0 Å². The first-order valence-electron chi connectivity index (χ1n) is 9.90. The SMILES string of the molecule is S=C(Nc1ccc(Oc2ccccc2)cc1)NC1CCN(Cc2cccs2)CC1. The molecule has 150 valence electrons. The Labute approximate surface area is 181 Å². The summed E-state index contributed by atoms with van der Waals surface area (Å²) in [5, 5.41) is 9.57. The first-order valence-corrected chi connectivity index (χ1v) is 11.2. The molecule has 0 saturated carbocycles. The van der Waals surface area contributed by atoms with Crippen molar-refractivity contribution in [2.45, 2.75) is 25.4 Å². The zero-order chi connectivity index (χ0) is 19.9. The third-order valence-electron chi connectivity index (χ3n) is 4.97. The van der Waals surface area contributed by atoms with E-state index in [-0.39, 0.29) is 0 Å². The molecule has 2 aromatic carbocycles. The van der Waals surface area contributed by atoms with Gasteiger partial charge in [-0.25, -0.2) is 0 Å². The minimum absolute atomic E-state index is 0.426. The van der Waals surface area contributed by atoms with E-state index in [0.717, 1.165) is 49.7 Å². The van der Waals surface area contributed by atoms with E-state index in [4.69, 9.17) is 17.0 Å². The van der Waals surface area contributed by atoms with Gasteiger partial charge >= 0.3 is 0 Å². The van der Waals surface area contributed by atoms with Gasteiger partial charge in [0.05, 0.1) is 0 Å². The van der Waals surface area contributed by atoms with E-state index >= 15 is 0 Å². The van der Waals surface area contributed by atoms with E-state index in [2.05, 4.69) is 33.0 Å². The lowest BCUT2D eigenvalue weighted by Crippen LogP contribution is -2.45. The second-order valence-electron chi connectivity index (χ2n) is 7.17. The lowest BCUT2D eigenvalue weighted by atomic mass is 10.1. The number of ether oxygens (including phenoxy) is 1. The number of likely N-dealkylation sites (tertiary alicyclic amines) is 1. The Morgan fingerprint density at radius 1 is 0.966 bits per heavy atom. The summed E-state index contributed by atoms with van der Waals surface area (Å²) in [6, 6.07) is 22.4. The molecule has 6 heteroatoms. The van der Waals surface area contributed by atoms with Crippen LogP contribution in [0.5, 0.6) is 11.5 Å². The number of thiophene rings is 1. The van der Waals surface area contributed by atoms with Crippen LogP contribution in [0.15, 0.2) is 72.1 Å². The molecule has 4 nitrogen and oxygen atoms in total. The van der Waals surface area contributed by atoms with E-state index in [9.17, 15) is 0 Å². The van der Waals surface area contributed by atoms with Crippen molar-refractivity contribution in [3.8, 4) is 11.5 Å². The van der Waals surface area contributed by atoms with Crippen molar-refractivity contribution in [3.63, 3.8) is 0 Å². The average Bonchev–Trinajstić information content (AvgIpc) is 3.25. The monoisotopic (exact) mass is 423 g/mol. The predicted molar refractivity (Wildman–Crippen MR) is 125 cm³/mol. The molecule has 0 spiro atoms. The molecule has 2 N–H and O–H groups in total. The van der Waals surface area contributed by atoms with Gasteiger partial charge in [-0.05, 0) is 72.9 Å². The minimum atomic E-state index is 0.426. The highest BCUT2D eigenvalue weighted by Crippen LogP contribution is 2.23. The summed E-state index contributed by atoms with van der Waals surface area (Å²) < 4.78 is 5.83. The lowest BCUT2D eigenvalue weighted by Gasteiger charge is -2.32. The van der Waals surface area contributed by atoms with Crippen LogP contribution < -0.4 is 15.4 Å². The highest BCUT2D eigenvalue weighted by Gasteiger charge is 2.20. The van der Waals surface area contributed by atoms with Crippen LogP contribution in [0.2, 0.25) is 0 Å². The highest BCUT2D eigenvalue weighted by molar-refractivity contribution is 7.80. The van der Waals surface area contributed by atoms with Gasteiger partial charge in [0.25, 0.3) is 0 Å². The van der Waals surface area contributed by atoms with Gasteiger partial charge in [0.1, 0.15) is 11.5 Å². The number of anilines is 1. The van der Waals surface area contributed by atoms with Gasteiger partial charge in [0.2, 0.25) is 0 Å². The maximum Gasteiger partial charge on any atom is 0.170 e. The molecule has 4 rings (SSSR count). The molecule has 0 aliphatic carbocycles. The van der Waals surface area contributed by atoms with Crippen molar-refractivity contribution >= 4 is 34.4 Å². The summed E-state index contributed by atoms with van der Waals surface area (Å²) >= 11 is 7.35. The second-order valence-corrected chi connectivity index (χ2v) is 8.61. The average molecular weight is 424 g/mol. The molecule has 2 heterocycles. The Morgan fingerprint density at radius 2 is 1.69 bits per heavy atom. The number of hydrogen-bond acceptors (Lipinski definition) is 4. The van der Waals surface area contributed by atoms with Crippen LogP contribution in [0, 0.1) is 0 Å². The Balaban J connectivity index is 1.21.